The minimum absolute atomic E-state index is 0.172. The summed E-state index contributed by atoms with van der Waals surface area (Å²) in [6.45, 7) is 4.04. The lowest BCUT2D eigenvalue weighted by Gasteiger charge is -2.26. The standard InChI is InChI=1S/C33H34N2O4/c1-2-3-21-38-29-16-12-26(13-17-29)33(37)34-28-14-10-25(11-15-28)31-22-27-23-35(20-19-30(27)39-31)32(36)18-9-24-7-5-4-6-8-24/h4-8,10-17,22H,2-3,9,18-21,23H2,1H3,(H,34,37). The van der Waals surface area contributed by atoms with Crippen LogP contribution in [0.25, 0.3) is 11.3 Å². The summed E-state index contributed by atoms with van der Waals surface area (Å²) >= 11 is 0. The van der Waals surface area contributed by atoms with Gasteiger partial charge < -0.3 is 19.4 Å². The molecule has 0 aliphatic carbocycles. The van der Waals surface area contributed by atoms with Gasteiger partial charge in [0.15, 0.2) is 0 Å². The first-order chi connectivity index (χ1) is 19.1. The van der Waals surface area contributed by atoms with E-state index in [0.717, 1.165) is 47.7 Å². The number of amides is 2. The number of carbonyl (C=O) groups is 2. The number of ether oxygens (including phenoxy) is 1. The normalized spacial score (nSPS) is 12.6. The molecule has 0 spiro atoms. The van der Waals surface area contributed by atoms with Crippen LogP contribution in [0.4, 0.5) is 5.69 Å². The van der Waals surface area contributed by atoms with Gasteiger partial charge in [0.25, 0.3) is 5.91 Å². The summed E-state index contributed by atoms with van der Waals surface area (Å²) in [4.78, 5) is 27.4. The van der Waals surface area contributed by atoms with Crippen LogP contribution in [0.15, 0.2) is 89.3 Å². The maximum atomic E-state index is 12.8. The van der Waals surface area contributed by atoms with Crippen molar-refractivity contribution in [3.05, 3.63) is 107 Å². The summed E-state index contributed by atoms with van der Waals surface area (Å²) in [6, 6.07) is 27.0. The van der Waals surface area contributed by atoms with E-state index < -0.39 is 0 Å². The van der Waals surface area contributed by atoms with Crippen LogP contribution in [0.3, 0.4) is 0 Å². The van der Waals surface area contributed by atoms with Crippen LogP contribution < -0.4 is 10.1 Å². The molecular formula is C33H34N2O4. The zero-order chi connectivity index (χ0) is 27.0. The molecule has 6 heteroatoms. The minimum Gasteiger partial charge on any atom is -0.494 e. The fourth-order valence-electron chi connectivity index (χ4n) is 4.70. The third-order valence-corrected chi connectivity index (χ3v) is 7.00. The van der Waals surface area contributed by atoms with E-state index in [9.17, 15) is 9.59 Å². The van der Waals surface area contributed by atoms with Crippen molar-refractivity contribution in [1.29, 1.82) is 0 Å². The number of aryl methyl sites for hydroxylation is 1. The maximum Gasteiger partial charge on any atom is 0.255 e. The number of benzene rings is 3. The van der Waals surface area contributed by atoms with Crippen molar-refractivity contribution >= 4 is 17.5 Å². The third-order valence-electron chi connectivity index (χ3n) is 7.00. The van der Waals surface area contributed by atoms with Gasteiger partial charge in [0.2, 0.25) is 5.91 Å². The molecule has 5 rings (SSSR count). The second-order valence-corrected chi connectivity index (χ2v) is 9.87. The molecule has 0 radical (unpaired) electrons. The summed E-state index contributed by atoms with van der Waals surface area (Å²) in [6.07, 6.45) is 4.06. The van der Waals surface area contributed by atoms with Crippen LogP contribution in [-0.2, 0) is 24.2 Å². The lowest BCUT2D eigenvalue weighted by atomic mass is 10.1. The Balaban J connectivity index is 1.16. The van der Waals surface area contributed by atoms with Gasteiger partial charge in [-0.25, -0.2) is 0 Å². The molecule has 0 saturated heterocycles. The van der Waals surface area contributed by atoms with Crippen molar-refractivity contribution in [2.75, 3.05) is 18.5 Å². The Bertz CT molecular complexity index is 1390. The van der Waals surface area contributed by atoms with Crippen LogP contribution in [0.1, 0.15) is 53.4 Å². The largest absolute Gasteiger partial charge is 0.494 e. The van der Waals surface area contributed by atoms with E-state index in [1.54, 1.807) is 12.1 Å². The van der Waals surface area contributed by atoms with Gasteiger partial charge >= 0.3 is 0 Å². The highest BCUT2D eigenvalue weighted by atomic mass is 16.5. The fourth-order valence-corrected chi connectivity index (χ4v) is 4.70. The van der Waals surface area contributed by atoms with Crippen molar-refractivity contribution in [3.8, 4) is 17.1 Å². The average molecular weight is 523 g/mol. The molecule has 0 atom stereocenters. The van der Waals surface area contributed by atoms with Crippen molar-refractivity contribution in [1.82, 2.24) is 4.90 Å². The molecule has 3 aromatic carbocycles. The number of nitrogens with one attached hydrogen (secondary N) is 1. The second-order valence-electron chi connectivity index (χ2n) is 9.87. The van der Waals surface area contributed by atoms with Gasteiger partial charge in [-0.15, -0.1) is 0 Å². The smallest absolute Gasteiger partial charge is 0.255 e. The molecule has 4 aromatic rings. The first-order valence-corrected chi connectivity index (χ1v) is 13.7. The molecule has 39 heavy (non-hydrogen) atoms. The predicted molar refractivity (Wildman–Crippen MR) is 153 cm³/mol. The fraction of sp³-hybridized carbons (Fsp3) is 0.273. The zero-order valence-corrected chi connectivity index (χ0v) is 22.3. The van der Waals surface area contributed by atoms with Gasteiger partial charge in [0, 0.05) is 48.3 Å². The van der Waals surface area contributed by atoms with E-state index in [0.29, 0.717) is 43.8 Å². The molecule has 0 saturated carbocycles. The zero-order valence-electron chi connectivity index (χ0n) is 22.3. The highest BCUT2D eigenvalue weighted by molar-refractivity contribution is 6.04. The average Bonchev–Trinajstić information content (AvgIpc) is 3.41. The minimum atomic E-state index is -0.173. The number of rotatable bonds is 10. The maximum absolute atomic E-state index is 12.8. The molecule has 0 fully saturated rings. The molecule has 1 aliphatic rings. The highest BCUT2D eigenvalue weighted by Crippen LogP contribution is 2.30. The second kappa shape index (κ2) is 12.5. The van der Waals surface area contributed by atoms with Crippen LogP contribution in [0.5, 0.6) is 5.75 Å². The molecule has 2 amide bonds. The number of fused-ring (bicyclic) bond motifs is 1. The lowest BCUT2D eigenvalue weighted by molar-refractivity contribution is -0.132. The first-order valence-electron chi connectivity index (χ1n) is 13.7. The monoisotopic (exact) mass is 522 g/mol. The van der Waals surface area contributed by atoms with E-state index >= 15 is 0 Å². The van der Waals surface area contributed by atoms with Crippen LogP contribution in [-0.4, -0.2) is 29.9 Å². The number of nitrogens with zero attached hydrogens (tertiary/aromatic N) is 1. The number of unbranched alkanes of at least 4 members (excludes halogenated alkanes) is 1. The van der Waals surface area contributed by atoms with Gasteiger partial charge in [0.1, 0.15) is 17.3 Å². The molecule has 0 bridgehead atoms. The molecular weight excluding hydrogens is 488 g/mol. The Morgan fingerprint density at radius 3 is 2.49 bits per heavy atom. The Hall–Kier alpha value is -4.32. The Labute approximate surface area is 229 Å². The Morgan fingerprint density at radius 2 is 1.74 bits per heavy atom. The third kappa shape index (κ3) is 6.77. The number of furan rings is 1. The lowest BCUT2D eigenvalue weighted by Crippen LogP contribution is -2.35. The van der Waals surface area contributed by atoms with Crippen molar-refractivity contribution < 1.29 is 18.7 Å². The number of hydrogen-bond acceptors (Lipinski definition) is 4. The summed E-state index contributed by atoms with van der Waals surface area (Å²) in [5, 5.41) is 2.95. The molecule has 1 aromatic heterocycles. The van der Waals surface area contributed by atoms with Gasteiger partial charge in [-0.3, -0.25) is 9.59 Å². The quantitative estimate of drug-likeness (QED) is 0.230. The summed E-state index contributed by atoms with van der Waals surface area (Å²) in [5.41, 5.74) is 4.45. The van der Waals surface area contributed by atoms with Gasteiger partial charge in [-0.2, -0.15) is 0 Å². The molecule has 1 N–H and O–H groups in total. The van der Waals surface area contributed by atoms with Crippen molar-refractivity contribution in [2.24, 2.45) is 0 Å². The van der Waals surface area contributed by atoms with Crippen LogP contribution in [0.2, 0.25) is 0 Å². The molecule has 0 unspecified atom stereocenters. The molecule has 200 valence electrons. The first kappa shape index (κ1) is 26.3. The van der Waals surface area contributed by atoms with Gasteiger partial charge in [-0.05, 0) is 73.0 Å². The van der Waals surface area contributed by atoms with Crippen LogP contribution in [0, 0.1) is 0 Å². The Morgan fingerprint density at radius 1 is 0.974 bits per heavy atom. The van der Waals surface area contributed by atoms with E-state index in [4.69, 9.17) is 9.15 Å². The molecule has 1 aliphatic heterocycles. The van der Waals surface area contributed by atoms with Crippen molar-refractivity contribution in [3.63, 3.8) is 0 Å². The van der Waals surface area contributed by atoms with Crippen molar-refractivity contribution in [2.45, 2.75) is 45.6 Å². The van der Waals surface area contributed by atoms with E-state index in [-0.39, 0.29) is 11.8 Å². The van der Waals surface area contributed by atoms with Gasteiger partial charge in [-0.1, -0.05) is 43.7 Å². The number of hydrogen-bond donors (Lipinski definition) is 1. The molecule has 6 nitrogen and oxygen atoms in total. The number of anilines is 1. The van der Waals surface area contributed by atoms with E-state index in [1.807, 2.05) is 65.6 Å². The van der Waals surface area contributed by atoms with E-state index in [1.165, 1.54) is 5.56 Å². The SMILES string of the molecule is CCCCOc1ccc(C(=O)Nc2ccc(-c3cc4c(o3)CCN(C(=O)CCc3ccccc3)C4)cc2)cc1. The highest BCUT2D eigenvalue weighted by Gasteiger charge is 2.24. The topological polar surface area (TPSA) is 71.8 Å². The molecule has 2 heterocycles. The van der Waals surface area contributed by atoms with E-state index in [2.05, 4.69) is 24.4 Å². The van der Waals surface area contributed by atoms with Gasteiger partial charge in [0.05, 0.1) is 6.61 Å². The summed E-state index contributed by atoms with van der Waals surface area (Å²) in [5.74, 6) is 2.48. The summed E-state index contributed by atoms with van der Waals surface area (Å²) in [7, 11) is 0. The summed E-state index contributed by atoms with van der Waals surface area (Å²) < 4.78 is 11.8. The Kier molecular flexibility index (Phi) is 8.42. The van der Waals surface area contributed by atoms with Crippen LogP contribution >= 0.6 is 0 Å². The predicted octanol–water partition coefficient (Wildman–Crippen LogP) is 6.90. The number of carbonyl (C=O) groups excluding carboxylic acids is 2.